The Bertz CT molecular complexity index is 1210. The van der Waals surface area contributed by atoms with E-state index in [0.29, 0.717) is 24.1 Å². The number of nitrogens with zero attached hydrogens (tertiary/aromatic N) is 3. The van der Waals surface area contributed by atoms with Crippen LogP contribution in [-0.2, 0) is 29.2 Å². The Kier molecular flexibility index (Phi) is 6.32. The van der Waals surface area contributed by atoms with Crippen LogP contribution in [0.5, 0.6) is 0 Å². The molecule has 2 heterocycles. The van der Waals surface area contributed by atoms with Crippen molar-refractivity contribution < 1.29 is 28.1 Å². The van der Waals surface area contributed by atoms with E-state index in [1.165, 1.54) is 17.0 Å². The van der Waals surface area contributed by atoms with Crippen molar-refractivity contribution in [2.75, 3.05) is 6.54 Å². The lowest BCUT2D eigenvalue weighted by atomic mass is 9.98. The normalized spacial score (nSPS) is 13.4. The molecule has 8 heteroatoms. The van der Waals surface area contributed by atoms with Gasteiger partial charge in [0.15, 0.2) is 0 Å². The van der Waals surface area contributed by atoms with Crippen LogP contribution in [0.15, 0.2) is 61.1 Å². The maximum Gasteiger partial charge on any atom is 0.314 e. The topological polar surface area (TPSA) is 72.5 Å². The molecule has 7 nitrogen and oxygen atoms in total. The molecule has 3 aromatic rings. The molecule has 0 aliphatic carbocycles. The minimum absolute atomic E-state index is 0.0343. The third-order valence-corrected chi connectivity index (χ3v) is 5.66. The van der Waals surface area contributed by atoms with Crippen molar-refractivity contribution in [1.82, 2.24) is 9.47 Å². The van der Waals surface area contributed by atoms with Crippen LogP contribution < -0.4 is 4.57 Å². The summed E-state index contributed by atoms with van der Waals surface area (Å²) in [5, 5.41) is 0. The zero-order valence-corrected chi connectivity index (χ0v) is 19.5. The molecule has 0 bridgehead atoms. The standard InChI is InChI=1S/C26H27FN3O4/c1-26(2,3)25(33)34-17-28-15-20(29(16-28)14-18-8-10-19(27)11-9-18)12-13-30-23(31)21-6-4-5-7-22(21)24(30)32/h4-11,15-16H,12-14,17H2,1-3H3/q+1. The smallest absolute Gasteiger partial charge is 0.314 e. The van der Waals surface area contributed by atoms with Crippen LogP contribution in [0.4, 0.5) is 4.39 Å². The molecular weight excluding hydrogens is 437 g/mol. The van der Waals surface area contributed by atoms with E-state index in [-0.39, 0.29) is 36.9 Å². The van der Waals surface area contributed by atoms with E-state index in [1.807, 2.05) is 10.8 Å². The van der Waals surface area contributed by atoms with E-state index in [4.69, 9.17) is 4.74 Å². The van der Waals surface area contributed by atoms with Gasteiger partial charge in [-0.2, -0.15) is 0 Å². The van der Waals surface area contributed by atoms with Gasteiger partial charge in [-0.3, -0.25) is 19.3 Å². The van der Waals surface area contributed by atoms with Crippen molar-refractivity contribution in [1.29, 1.82) is 0 Å². The van der Waals surface area contributed by atoms with Crippen LogP contribution in [0, 0.1) is 11.2 Å². The molecule has 0 radical (unpaired) electrons. The Morgan fingerprint density at radius 1 is 1.00 bits per heavy atom. The van der Waals surface area contributed by atoms with Crippen molar-refractivity contribution in [3.63, 3.8) is 0 Å². The van der Waals surface area contributed by atoms with Gasteiger partial charge in [0.1, 0.15) is 24.3 Å². The molecule has 0 spiro atoms. The van der Waals surface area contributed by atoms with Gasteiger partial charge in [-0.15, -0.1) is 0 Å². The van der Waals surface area contributed by atoms with E-state index in [0.717, 1.165) is 11.3 Å². The molecule has 34 heavy (non-hydrogen) atoms. The van der Waals surface area contributed by atoms with Crippen LogP contribution >= 0.6 is 0 Å². The van der Waals surface area contributed by atoms with Gasteiger partial charge in [0.2, 0.25) is 13.1 Å². The molecule has 176 valence electrons. The largest absolute Gasteiger partial charge is 0.424 e. The van der Waals surface area contributed by atoms with Gasteiger partial charge in [-0.05, 0) is 50.6 Å². The zero-order valence-electron chi connectivity index (χ0n) is 19.5. The summed E-state index contributed by atoms with van der Waals surface area (Å²) in [4.78, 5) is 38.9. The zero-order chi connectivity index (χ0) is 24.5. The molecule has 0 fully saturated rings. The quantitative estimate of drug-likeness (QED) is 0.305. The Morgan fingerprint density at radius 3 is 2.21 bits per heavy atom. The highest BCUT2D eigenvalue weighted by Gasteiger charge is 2.35. The van der Waals surface area contributed by atoms with Crippen LogP contribution in [0.1, 0.15) is 52.7 Å². The van der Waals surface area contributed by atoms with E-state index >= 15 is 0 Å². The maximum absolute atomic E-state index is 13.3. The summed E-state index contributed by atoms with van der Waals surface area (Å²) < 4.78 is 22.4. The number of imide groups is 1. The third-order valence-electron chi connectivity index (χ3n) is 5.66. The van der Waals surface area contributed by atoms with E-state index in [1.54, 1.807) is 68.1 Å². The summed E-state index contributed by atoms with van der Waals surface area (Å²) in [6, 6.07) is 13.0. The summed E-state index contributed by atoms with van der Waals surface area (Å²) >= 11 is 0. The minimum Gasteiger partial charge on any atom is -0.424 e. The number of imidazole rings is 1. The number of halogens is 1. The average Bonchev–Trinajstić information content (AvgIpc) is 3.29. The number of fused-ring (bicyclic) bond motifs is 1. The molecule has 0 unspecified atom stereocenters. The highest BCUT2D eigenvalue weighted by molar-refractivity contribution is 6.21. The average molecular weight is 465 g/mol. The Labute approximate surface area is 197 Å². The van der Waals surface area contributed by atoms with Crippen LogP contribution in [-0.4, -0.2) is 33.8 Å². The second-order valence-corrected chi connectivity index (χ2v) is 9.37. The summed E-state index contributed by atoms with van der Waals surface area (Å²) in [7, 11) is 0. The summed E-state index contributed by atoms with van der Waals surface area (Å²) in [5.74, 6) is -1.24. The number of rotatable bonds is 7. The SMILES string of the molecule is CC(C)(C)C(=O)OC[n+]1cc(CCN2C(=O)c3ccccc3C2=O)n(Cc2ccc(F)cc2)c1. The first-order valence-corrected chi connectivity index (χ1v) is 11.1. The van der Waals surface area contributed by atoms with Gasteiger partial charge in [-0.1, -0.05) is 24.3 Å². The van der Waals surface area contributed by atoms with Crippen LogP contribution in [0.3, 0.4) is 0 Å². The van der Waals surface area contributed by atoms with E-state index in [2.05, 4.69) is 0 Å². The van der Waals surface area contributed by atoms with Gasteiger partial charge in [0.25, 0.3) is 11.8 Å². The molecule has 0 atom stereocenters. The first-order valence-electron chi connectivity index (χ1n) is 11.1. The molecule has 4 rings (SSSR count). The number of hydrogen-bond donors (Lipinski definition) is 0. The molecular formula is C26H27FN3O4+. The van der Waals surface area contributed by atoms with Crippen LogP contribution in [0.2, 0.25) is 0 Å². The second-order valence-electron chi connectivity index (χ2n) is 9.37. The fraction of sp³-hybridized carbons (Fsp3) is 0.308. The third kappa shape index (κ3) is 4.90. The highest BCUT2D eigenvalue weighted by atomic mass is 19.1. The number of hydrogen-bond acceptors (Lipinski definition) is 4. The Balaban J connectivity index is 1.53. The lowest BCUT2D eigenvalue weighted by Gasteiger charge is -2.15. The molecule has 2 amide bonds. The van der Waals surface area contributed by atoms with Gasteiger partial charge in [0.05, 0.1) is 16.5 Å². The fourth-order valence-electron chi connectivity index (χ4n) is 3.78. The van der Waals surface area contributed by atoms with Crippen molar-refractivity contribution in [2.45, 2.75) is 40.5 Å². The molecule has 1 aliphatic rings. The number of ether oxygens (including phenoxy) is 1. The number of amides is 2. The number of benzene rings is 2. The number of esters is 1. The number of carbonyl (C=O) groups excluding carboxylic acids is 3. The maximum atomic E-state index is 13.3. The van der Waals surface area contributed by atoms with Gasteiger partial charge in [0, 0.05) is 13.0 Å². The Morgan fingerprint density at radius 2 is 1.62 bits per heavy atom. The molecule has 2 aromatic carbocycles. The number of aromatic nitrogens is 2. The van der Waals surface area contributed by atoms with Gasteiger partial charge in [-0.25, -0.2) is 13.5 Å². The predicted octanol–water partition coefficient (Wildman–Crippen LogP) is 3.35. The summed E-state index contributed by atoms with van der Waals surface area (Å²) in [6.45, 7) is 6.06. The monoisotopic (exact) mass is 464 g/mol. The first kappa shape index (κ1) is 23.4. The lowest BCUT2D eigenvalue weighted by molar-refractivity contribution is -0.727. The minimum atomic E-state index is -0.619. The molecule has 0 saturated carbocycles. The summed E-state index contributed by atoms with van der Waals surface area (Å²) in [6.07, 6.45) is 4.04. The Hall–Kier alpha value is -3.81. The second kappa shape index (κ2) is 9.21. The van der Waals surface area contributed by atoms with Crippen molar-refractivity contribution in [2.24, 2.45) is 5.41 Å². The molecule has 0 N–H and O–H groups in total. The van der Waals surface area contributed by atoms with E-state index in [9.17, 15) is 18.8 Å². The molecule has 1 aliphatic heterocycles. The van der Waals surface area contributed by atoms with Gasteiger partial charge >= 0.3 is 5.97 Å². The van der Waals surface area contributed by atoms with Crippen LogP contribution in [0.25, 0.3) is 0 Å². The predicted molar refractivity (Wildman–Crippen MR) is 121 cm³/mol. The fourth-order valence-corrected chi connectivity index (χ4v) is 3.78. The highest BCUT2D eigenvalue weighted by Crippen LogP contribution is 2.23. The molecule has 1 aromatic heterocycles. The van der Waals surface area contributed by atoms with Gasteiger partial charge < -0.3 is 4.74 Å². The summed E-state index contributed by atoms with van der Waals surface area (Å²) in [5.41, 5.74) is 1.94. The van der Waals surface area contributed by atoms with Crippen molar-refractivity contribution in [3.8, 4) is 0 Å². The van der Waals surface area contributed by atoms with Crippen molar-refractivity contribution in [3.05, 3.63) is 89.3 Å². The number of carbonyl (C=O) groups is 3. The molecule has 0 saturated heterocycles. The first-order chi connectivity index (χ1) is 16.1. The lowest BCUT2D eigenvalue weighted by Crippen LogP contribution is -2.36. The van der Waals surface area contributed by atoms with E-state index < -0.39 is 5.41 Å². The van der Waals surface area contributed by atoms with Crippen molar-refractivity contribution >= 4 is 17.8 Å².